The Morgan fingerprint density at radius 2 is 1.70 bits per heavy atom. The van der Waals surface area contributed by atoms with Crippen LogP contribution in [0.3, 0.4) is 0 Å². The van der Waals surface area contributed by atoms with E-state index in [0.717, 1.165) is 19.3 Å². The van der Waals surface area contributed by atoms with Gasteiger partial charge >= 0.3 is 12.0 Å². The van der Waals surface area contributed by atoms with Gasteiger partial charge in [0.05, 0.1) is 6.10 Å². The number of carbonyl (C=O) groups excluding carboxylic acids is 2. The zero-order chi connectivity index (χ0) is 20.4. The van der Waals surface area contributed by atoms with Gasteiger partial charge in [0.25, 0.3) is 5.91 Å². The lowest BCUT2D eigenvalue weighted by Crippen LogP contribution is -2.37. The maximum Gasteiger partial charge on any atom is 0.324 e. The van der Waals surface area contributed by atoms with E-state index in [1.165, 1.54) is 0 Å². The van der Waals surface area contributed by atoms with Crippen LogP contribution >= 0.6 is 0 Å². The Morgan fingerprint density at radius 3 is 2.26 bits per heavy atom. The number of unbranched alkanes of at least 4 members (excludes halogenated alkanes) is 3. The summed E-state index contributed by atoms with van der Waals surface area (Å²) < 4.78 is 0. The average molecular weight is 383 g/mol. The van der Waals surface area contributed by atoms with E-state index in [9.17, 15) is 19.5 Å². The number of aliphatic carboxylic acids is 1. The molecule has 3 amide bonds. The van der Waals surface area contributed by atoms with Gasteiger partial charge in [-0.3, -0.25) is 14.9 Å². The van der Waals surface area contributed by atoms with Crippen LogP contribution in [-0.2, 0) is 9.59 Å². The van der Waals surface area contributed by atoms with Crippen molar-refractivity contribution in [2.24, 2.45) is 16.7 Å². The molecule has 1 aliphatic carbocycles. The van der Waals surface area contributed by atoms with E-state index < -0.39 is 18.1 Å². The van der Waals surface area contributed by atoms with Gasteiger partial charge < -0.3 is 15.1 Å². The highest BCUT2D eigenvalue weighted by Crippen LogP contribution is 2.69. The smallest absolute Gasteiger partial charge is 0.324 e. The number of amides is 3. The predicted octanol–water partition coefficient (Wildman–Crippen LogP) is 2.77. The van der Waals surface area contributed by atoms with E-state index in [1.54, 1.807) is 4.90 Å². The molecule has 154 valence electrons. The standard InChI is InChI=1S/C20H34N2O5/c1-19(2)16(20(19,3)4)14(23)11-12-22-13(17(26)21-18(22)27)9-7-5-6-8-10-15(24)25/h13-14,16,23H,5-12H2,1-4H3,(H,24,25)(H,21,26,27). The molecule has 2 rings (SSSR count). The summed E-state index contributed by atoms with van der Waals surface area (Å²) in [4.78, 5) is 36.2. The number of hydrogen-bond donors (Lipinski definition) is 3. The highest BCUT2D eigenvalue weighted by atomic mass is 16.4. The molecule has 1 saturated carbocycles. The van der Waals surface area contributed by atoms with Gasteiger partial charge in [-0.25, -0.2) is 4.79 Å². The van der Waals surface area contributed by atoms with Crippen molar-refractivity contribution in [2.45, 2.75) is 84.8 Å². The molecular weight excluding hydrogens is 348 g/mol. The first kappa shape index (κ1) is 21.7. The first-order chi connectivity index (χ1) is 12.5. The molecule has 0 aromatic heterocycles. The van der Waals surface area contributed by atoms with Crippen LogP contribution in [0.5, 0.6) is 0 Å². The largest absolute Gasteiger partial charge is 0.481 e. The lowest BCUT2D eigenvalue weighted by Gasteiger charge is -2.23. The summed E-state index contributed by atoms with van der Waals surface area (Å²) in [6.45, 7) is 8.98. The van der Waals surface area contributed by atoms with Crippen molar-refractivity contribution in [1.29, 1.82) is 0 Å². The summed E-state index contributed by atoms with van der Waals surface area (Å²) >= 11 is 0. The van der Waals surface area contributed by atoms with Gasteiger partial charge in [0.1, 0.15) is 6.04 Å². The molecule has 2 atom stereocenters. The normalized spacial score (nSPS) is 24.8. The van der Waals surface area contributed by atoms with Gasteiger partial charge in [-0.15, -0.1) is 0 Å². The maximum atomic E-state index is 12.1. The molecule has 7 heteroatoms. The second kappa shape index (κ2) is 8.17. The Labute approximate surface area is 161 Å². The second-order valence-electron chi connectivity index (χ2n) is 9.13. The van der Waals surface area contributed by atoms with E-state index >= 15 is 0 Å². The Morgan fingerprint density at radius 1 is 1.11 bits per heavy atom. The minimum absolute atomic E-state index is 0.0743. The van der Waals surface area contributed by atoms with Crippen molar-refractivity contribution in [1.82, 2.24) is 10.2 Å². The fourth-order valence-corrected chi connectivity index (χ4v) is 4.70. The van der Waals surface area contributed by atoms with E-state index in [-0.39, 0.29) is 35.1 Å². The Bertz CT molecular complexity index is 573. The van der Waals surface area contributed by atoms with Crippen molar-refractivity contribution < 1.29 is 24.6 Å². The zero-order valence-electron chi connectivity index (χ0n) is 17.0. The van der Waals surface area contributed by atoms with Crippen molar-refractivity contribution in [3.05, 3.63) is 0 Å². The van der Waals surface area contributed by atoms with E-state index in [0.29, 0.717) is 25.8 Å². The number of hydrogen-bond acceptors (Lipinski definition) is 4. The number of carboxylic acid groups (broad SMARTS) is 1. The van der Waals surface area contributed by atoms with Crippen molar-refractivity contribution >= 4 is 17.9 Å². The third-order valence-corrected chi connectivity index (χ3v) is 6.97. The van der Waals surface area contributed by atoms with Crippen LogP contribution in [0, 0.1) is 16.7 Å². The average Bonchev–Trinajstić information content (AvgIpc) is 2.80. The lowest BCUT2D eigenvalue weighted by molar-refractivity contribution is -0.137. The maximum absolute atomic E-state index is 12.1. The highest BCUT2D eigenvalue weighted by Gasteiger charge is 2.66. The van der Waals surface area contributed by atoms with Crippen molar-refractivity contribution in [2.75, 3.05) is 6.54 Å². The minimum atomic E-state index is -0.789. The topological polar surface area (TPSA) is 107 Å². The second-order valence-corrected chi connectivity index (χ2v) is 9.13. The van der Waals surface area contributed by atoms with Crippen molar-refractivity contribution in [3.8, 4) is 0 Å². The van der Waals surface area contributed by atoms with Gasteiger partial charge in [0.2, 0.25) is 0 Å². The summed E-state index contributed by atoms with van der Waals surface area (Å²) in [5.41, 5.74) is 0.149. The van der Waals surface area contributed by atoms with Gasteiger partial charge in [-0.05, 0) is 36.0 Å². The van der Waals surface area contributed by atoms with Crippen LogP contribution in [0.2, 0.25) is 0 Å². The van der Waals surface area contributed by atoms with Crippen LogP contribution in [-0.4, -0.2) is 51.7 Å². The molecule has 3 N–H and O–H groups in total. The van der Waals surface area contributed by atoms with Gasteiger partial charge in [0, 0.05) is 13.0 Å². The predicted molar refractivity (Wildman–Crippen MR) is 101 cm³/mol. The molecule has 2 aliphatic rings. The molecule has 27 heavy (non-hydrogen) atoms. The number of carboxylic acids is 1. The molecule has 2 fully saturated rings. The summed E-state index contributed by atoms with van der Waals surface area (Å²) in [5, 5.41) is 21.6. The fourth-order valence-electron chi connectivity index (χ4n) is 4.70. The number of aliphatic hydroxyl groups excluding tert-OH is 1. The molecule has 0 aromatic carbocycles. The third kappa shape index (κ3) is 4.62. The first-order valence-corrected chi connectivity index (χ1v) is 10.0. The summed E-state index contributed by atoms with van der Waals surface area (Å²) in [7, 11) is 0. The third-order valence-electron chi connectivity index (χ3n) is 6.97. The Kier molecular flexibility index (Phi) is 6.55. The molecule has 1 aliphatic heterocycles. The minimum Gasteiger partial charge on any atom is -0.481 e. The summed E-state index contributed by atoms with van der Waals surface area (Å²) in [5.74, 6) is -0.867. The molecule has 1 heterocycles. The number of nitrogens with one attached hydrogen (secondary N) is 1. The van der Waals surface area contributed by atoms with E-state index in [2.05, 4.69) is 33.0 Å². The van der Waals surface area contributed by atoms with Crippen LogP contribution in [0.1, 0.15) is 72.6 Å². The van der Waals surface area contributed by atoms with Crippen LogP contribution in [0.25, 0.3) is 0 Å². The molecule has 0 radical (unpaired) electrons. The molecular formula is C20H34N2O5. The Balaban J connectivity index is 1.79. The number of imide groups is 1. The quantitative estimate of drug-likeness (QED) is 0.376. The SMILES string of the molecule is CC1(C)C(C(O)CCN2C(=O)NC(=O)C2CCCCCCC(=O)O)C1(C)C. The number of urea groups is 1. The number of rotatable bonds is 11. The monoisotopic (exact) mass is 382 g/mol. The molecule has 0 bridgehead atoms. The number of nitrogens with zero attached hydrogens (tertiary/aromatic N) is 1. The van der Waals surface area contributed by atoms with Crippen molar-refractivity contribution in [3.63, 3.8) is 0 Å². The number of aliphatic hydroxyl groups is 1. The van der Waals surface area contributed by atoms with Crippen LogP contribution in [0.15, 0.2) is 0 Å². The highest BCUT2D eigenvalue weighted by molar-refractivity contribution is 6.04. The summed E-state index contributed by atoms with van der Waals surface area (Å²) in [6, 6.07) is -0.859. The molecule has 0 spiro atoms. The molecule has 7 nitrogen and oxygen atoms in total. The van der Waals surface area contributed by atoms with Crippen LogP contribution in [0.4, 0.5) is 4.79 Å². The van der Waals surface area contributed by atoms with Gasteiger partial charge in [-0.1, -0.05) is 47.0 Å². The van der Waals surface area contributed by atoms with Crippen LogP contribution < -0.4 is 5.32 Å². The van der Waals surface area contributed by atoms with E-state index in [1.807, 2.05) is 0 Å². The molecule has 1 saturated heterocycles. The fraction of sp³-hybridized carbons (Fsp3) is 0.850. The van der Waals surface area contributed by atoms with Gasteiger partial charge in [0.15, 0.2) is 0 Å². The molecule has 2 unspecified atom stereocenters. The molecule has 0 aromatic rings. The number of carbonyl (C=O) groups is 3. The first-order valence-electron chi connectivity index (χ1n) is 10.0. The zero-order valence-corrected chi connectivity index (χ0v) is 17.0. The van der Waals surface area contributed by atoms with Gasteiger partial charge in [-0.2, -0.15) is 0 Å². The Hall–Kier alpha value is -1.63. The summed E-state index contributed by atoms with van der Waals surface area (Å²) in [6.07, 6.45) is 3.76. The van der Waals surface area contributed by atoms with E-state index in [4.69, 9.17) is 5.11 Å². The lowest BCUT2D eigenvalue weighted by atomic mass is 10.0.